The number of nitrogens with zero attached hydrogens (tertiary/aromatic N) is 5. The van der Waals surface area contributed by atoms with Crippen LogP contribution < -0.4 is 10.5 Å². The molecule has 1 atom stereocenters. The number of aromatic nitrogens is 2. The van der Waals surface area contributed by atoms with Crippen molar-refractivity contribution in [3.8, 4) is 6.07 Å². The Labute approximate surface area is 214 Å². The maximum atomic E-state index is 13.7. The summed E-state index contributed by atoms with van der Waals surface area (Å²) < 4.78 is 29.0. The number of benzene rings is 2. The maximum Gasteiger partial charge on any atom is 0.252 e. The molecule has 1 saturated heterocycles. The van der Waals surface area contributed by atoms with Crippen molar-refractivity contribution in [1.29, 1.82) is 5.26 Å². The molecule has 1 aliphatic rings. The Morgan fingerprint density at radius 1 is 1.00 bits per heavy atom. The maximum absolute atomic E-state index is 13.7. The van der Waals surface area contributed by atoms with Crippen LogP contribution in [-0.2, 0) is 7.05 Å². The topological polar surface area (TPSA) is 65.2 Å². The molecule has 6 nitrogen and oxygen atoms in total. The first kappa shape index (κ1) is 24.6. The number of halogens is 2. The Bertz CT molecular complexity index is 1480. The molecule has 4 aromatic rings. The summed E-state index contributed by atoms with van der Waals surface area (Å²) in [7, 11) is 1.70. The van der Waals surface area contributed by atoms with Crippen molar-refractivity contribution in [3.05, 3.63) is 106 Å². The molecule has 0 amide bonds. The van der Waals surface area contributed by atoms with Gasteiger partial charge in [0.2, 0.25) is 0 Å². The summed E-state index contributed by atoms with van der Waals surface area (Å²) in [4.78, 5) is 21.9. The minimum atomic E-state index is -0.306. The first-order valence-electron chi connectivity index (χ1n) is 12.3. The number of fused-ring (bicyclic) bond motifs is 1. The van der Waals surface area contributed by atoms with Gasteiger partial charge in [0.15, 0.2) is 0 Å². The molecule has 0 saturated carbocycles. The van der Waals surface area contributed by atoms with Crippen LogP contribution in [0.5, 0.6) is 0 Å². The molecule has 37 heavy (non-hydrogen) atoms. The molecule has 1 aliphatic heterocycles. The van der Waals surface area contributed by atoms with Crippen molar-refractivity contribution in [2.45, 2.75) is 25.4 Å². The second kappa shape index (κ2) is 10.1. The van der Waals surface area contributed by atoms with Gasteiger partial charge in [-0.3, -0.25) is 9.69 Å². The number of nitriles is 1. The second-order valence-corrected chi connectivity index (χ2v) is 9.36. The van der Waals surface area contributed by atoms with Gasteiger partial charge in [-0.15, -0.1) is 0 Å². The van der Waals surface area contributed by atoms with Gasteiger partial charge in [-0.05, 0) is 53.9 Å². The summed E-state index contributed by atoms with van der Waals surface area (Å²) in [6.45, 7) is 4.05. The van der Waals surface area contributed by atoms with Gasteiger partial charge in [0.05, 0.1) is 17.2 Å². The summed E-state index contributed by atoms with van der Waals surface area (Å²) in [5, 5.41) is 9.42. The third-order valence-corrected chi connectivity index (χ3v) is 7.21. The highest BCUT2D eigenvalue weighted by Crippen LogP contribution is 2.34. The van der Waals surface area contributed by atoms with E-state index in [0.29, 0.717) is 36.4 Å². The first-order valence-corrected chi connectivity index (χ1v) is 12.3. The lowest BCUT2D eigenvalue weighted by Gasteiger charge is -2.45. The van der Waals surface area contributed by atoms with Crippen molar-refractivity contribution >= 4 is 16.7 Å². The van der Waals surface area contributed by atoms with Gasteiger partial charge in [-0.25, -0.2) is 13.8 Å². The standard InChI is InChI=1S/C29H27F2N5O/c1-3-24-18-35(29(19-4-8-21(30)9-5-19)20-6-10-22(31)11-7-20)14-15-36(24)26-16-27(37)34(2)25-13-12-23(17-32)33-28(25)26/h4-13,16,24,29H,3,14-15,18H2,1-2H3/t24-/m1/s1. The molecule has 0 radical (unpaired) electrons. The molecule has 0 spiro atoms. The molecular weight excluding hydrogens is 472 g/mol. The van der Waals surface area contributed by atoms with Crippen LogP contribution >= 0.6 is 0 Å². The van der Waals surface area contributed by atoms with Crippen molar-refractivity contribution in [1.82, 2.24) is 14.5 Å². The van der Waals surface area contributed by atoms with Crippen LogP contribution in [-0.4, -0.2) is 40.1 Å². The molecular formula is C29H27F2N5O. The SMILES string of the molecule is CC[C@@H]1CN(C(c2ccc(F)cc2)c2ccc(F)cc2)CCN1c1cc(=O)n(C)c2ccc(C#N)nc12. The van der Waals surface area contributed by atoms with Crippen LogP contribution in [0.3, 0.4) is 0 Å². The zero-order chi connectivity index (χ0) is 26.1. The minimum absolute atomic E-state index is 0.0556. The largest absolute Gasteiger partial charge is 0.364 e. The summed E-state index contributed by atoms with van der Waals surface area (Å²) in [6, 6.07) is 19.9. The van der Waals surface area contributed by atoms with Crippen molar-refractivity contribution in [2.24, 2.45) is 7.05 Å². The van der Waals surface area contributed by atoms with E-state index in [4.69, 9.17) is 0 Å². The Morgan fingerprint density at radius 3 is 2.19 bits per heavy atom. The van der Waals surface area contributed by atoms with Gasteiger partial charge in [-0.2, -0.15) is 5.26 Å². The molecule has 0 unspecified atom stereocenters. The van der Waals surface area contributed by atoms with E-state index >= 15 is 0 Å². The smallest absolute Gasteiger partial charge is 0.252 e. The number of rotatable bonds is 5. The van der Waals surface area contributed by atoms with E-state index < -0.39 is 0 Å². The van der Waals surface area contributed by atoms with Gasteiger partial charge in [0.25, 0.3) is 5.56 Å². The van der Waals surface area contributed by atoms with Gasteiger partial charge in [-0.1, -0.05) is 31.2 Å². The number of hydrogen-bond acceptors (Lipinski definition) is 5. The molecule has 0 bridgehead atoms. The minimum Gasteiger partial charge on any atom is -0.364 e. The van der Waals surface area contributed by atoms with Gasteiger partial charge in [0.1, 0.15) is 28.9 Å². The lowest BCUT2D eigenvalue weighted by atomic mass is 9.94. The average Bonchev–Trinajstić information content (AvgIpc) is 2.92. The van der Waals surface area contributed by atoms with E-state index in [2.05, 4.69) is 27.8 Å². The van der Waals surface area contributed by atoms with E-state index in [1.54, 1.807) is 54.1 Å². The van der Waals surface area contributed by atoms with E-state index in [1.807, 2.05) is 0 Å². The number of aryl methyl sites for hydroxylation is 1. The first-order chi connectivity index (χ1) is 17.9. The summed E-state index contributed by atoms with van der Waals surface area (Å²) in [5.41, 5.74) is 4.04. The monoisotopic (exact) mass is 499 g/mol. The van der Waals surface area contributed by atoms with Crippen LogP contribution in [0.2, 0.25) is 0 Å². The predicted octanol–water partition coefficient (Wildman–Crippen LogP) is 4.77. The van der Waals surface area contributed by atoms with Crippen molar-refractivity contribution in [2.75, 3.05) is 24.5 Å². The molecule has 3 heterocycles. The Kier molecular flexibility index (Phi) is 6.72. The molecule has 1 fully saturated rings. The van der Waals surface area contributed by atoms with Crippen LogP contribution in [0, 0.1) is 23.0 Å². The quantitative estimate of drug-likeness (QED) is 0.396. The third kappa shape index (κ3) is 4.70. The Balaban J connectivity index is 1.54. The lowest BCUT2D eigenvalue weighted by Crippen LogP contribution is -2.54. The Hall–Kier alpha value is -4.09. The zero-order valence-electron chi connectivity index (χ0n) is 20.7. The number of hydrogen-bond donors (Lipinski definition) is 0. The second-order valence-electron chi connectivity index (χ2n) is 9.36. The predicted molar refractivity (Wildman–Crippen MR) is 139 cm³/mol. The van der Waals surface area contributed by atoms with E-state index in [1.165, 1.54) is 24.3 Å². The molecule has 8 heteroatoms. The summed E-state index contributed by atoms with van der Waals surface area (Å²) >= 11 is 0. The highest BCUT2D eigenvalue weighted by Gasteiger charge is 2.33. The molecule has 0 aliphatic carbocycles. The molecule has 0 N–H and O–H groups in total. The van der Waals surface area contributed by atoms with E-state index in [0.717, 1.165) is 23.2 Å². The van der Waals surface area contributed by atoms with Gasteiger partial charge < -0.3 is 9.47 Å². The number of anilines is 1. The molecule has 2 aromatic carbocycles. The number of pyridine rings is 2. The van der Waals surface area contributed by atoms with Crippen molar-refractivity contribution < 1.29 is 8.78 Å². The fraction of sp³-hybridized carbons (Fsp3) is 0.276. The Morgan fingerprint density at radius 2 is 1.62 bits per heavy atom. The summed E-state index contributed by atoms with van der Waals surface area (Å²) in [5.74, 6) is -0.612. The molecule has 5 rings (SSSR count). The van der Waals surface area contributed by atoms with Crippen molar-refractivity contribution in [3.63, 3.8) is 0 Å². The highest BCUT2D eigenvalue weighted by atomic mass is 19.1. The summed E-state index contributed by atoms with van der Waals surface area (Å²) in [6.07, 6.45) is 0.810. The number of piperazine rings is 1. The van der Waals surface area contributed by atoms with Gasteiger partial charge >= 0.3 is 0 Å². The van der Waals surface area contributed by atoms with Gasteiger partial charge in [0, 0.05) is 38.8 Å². The fourth-order valence-electron chi connectivity index (χ4n) is 5.28. The molecule has 2 aromatic heterocycles. The highest BCUT2D eigenvalue weighted by molar-refractivity contribution is 5.89. The van der Waals surface area contributed by atoms with E-state index in [-0.39, 0.29) is 29.3 Å². The normalized spacial score (nSPS) is 16.3. The third-order valence-electron chi connectivity index (χ3n) is 7.21. The molecule has 188 valence electrons. The lowest BCUT2D eigenvalue weighted by molar-refractivity contribution is 0.181. The van der Waals surface area contributed by atoms with Crippen LogP contribution in [0.25, 0.3) is 11.0 Å². The fourth-order valence-corrected chi connectivity index (χ4v) is 5.28. The average molecular weight is 500 g/mol. The van der Waals surface area contributed by atoms with E-state index in [9.17, 15) is 18.8 Å². The van der Waals surface area contributed by atoms with Crippen LogP contribution in [0.1, 0.15) is 36.2 Å². The van der Waals surface area contributed by atoms with Crippen LogP contribution in [0.15, 0.2) is 71.5 Å². The zero-order valence-corrected chi connectivity index (χ0v) is 20.7. The van der Waals surface area contributed by atoms with Crippen LogP contribution in [0.4, 0.5) is 14.5 Å².